The van der Waals surface area contributed by atoms with Gasteiger partial charge in [-0.05, 0) is 18.8 Å². The van der Waals surface area contributed by atoms with Gasteiger partial charge < -0.3 is 15.4 Å². The highest BCUT2D eigenvalue weighted by molar-refractivity contribution is 5.77. The van der Waals surface area contributed by atoms with E-state index in [0.717, 1.165) is 26.0 Å². The van der Waals surface area contributed by atoms with Gasteiger partial charge in [-0.15, -0.1) is 0 Å². The van der Waals surface area contributed by atoms with Crippen LogP contribution in [0.15, 0.2) is 0 Å². The molecule has 0 aliphatic carbocycles. The van der Waals surface area contributed by atoms with E-state index in [1.807, 2.05) is 13.8 Å². The summed E-state index contributed by atoms with van der Waals surface area (Å²) in [6, 6.07) is 0.530. The van der Waals surface area contributed by atoms with E-state index in [9.17, 15) is 4.79 Å². The number of carbonyl (C=O) groups is 1. The minimum Gasteiger partial charge on any atom is -0.378 e. The molecule has 0 bridgehead atoms. The molecule has 1 rings (SSSR count). The van der Waals surface area contributed by atoms with Gasteiger partial charge in [0, 0.05) is 31.7 Å². The van der Waals surface area contributed by atoms with Crippen molar-refractivity contribution in [3.63, 3.8) is 0 Å². The maximum Gasteiger partial charge on any atom is 0.222 e. The summed E-state index contributed by atoms with van der Waals surface area (Å²) >= 11 is 0. The largest absolute Gasteiger partial charge is 0.378 e. The molecule has 1 aliphatic rings. The molecular formula is C14H28N2O2. The Morgan fingerprint density at radius 1 is 1.28 bits per heavy atom. The zero-order valence-electron chi connectivity index (χ0n) is 12.2. The van der Waals surface area contributed by atoms with Crippen molar-refractivity contribution in [1.82, 2.24) is 10.6 Å². The number of carbonyl (C=O) groups excluding carboxylic acids is 1. The van der Waals surface area contributed by atoms with Crippen molar-refractivity contribution in [2.24, 2.45) is 11.8 Å². The quantitative estimate of drug-likeness (QED) is 0.709. The number of amides is 1. The predicted molar refractivity (Wildman–Crippen MR) is 73.5 cm³/mol. The summed E-state index contributed by atoms with van der Waals surface area (Å²) in [6.45, 7) is 10.6. The summed E-state index contributed by atoms with van der Waals surface area (Å²) in [6.07, 6.45) is 2.53. The van der Waals surface area contributed by atoms with Crippen LogP contribution < -0.4 is 10.6 Å². The lowest BCUT2D eigenvalue weighted by Crippen LogP contribution is -2.43. The van der Waals surface area contributed by atoms with Gasteiger partial charge in [-0.1, -0.05) is 27.7 Å². The van der Waals surface area contributed by atoms with Gasteiger partial charge in [-0.2, -0.15) is 0 Å². The van der Waals surface area contributed by atoms with Crippen LogP contribution >= 0.6 is 0 Å². The highest BCUT2D eigenvalue weighted by atomic mass is 16.5. The number of nitrogens with one attached hydrogen (secondary N) is 2. The van der Waals surface area contributed by atoms with Gasteiger partial charge in [-0.3, -0.25) is 4.79 Å². The average molecular weight is 256 g/mol. The van der Waals surface area contributed by atoms with Gasteiger partial charge in [0.15, 0.2) is 0 Å². The summed E-state index contributed by atoms with van der Waals surface area (Å²) in [5.41, 5.74) is 0. The van der Waals surface area contributed by atoms with E-state index in [4.69, 9.17) is 4.74 Å². The smallest absolute Gasteiger partial charge is 0.222 e. The fourth-order valence-electron chi connectivity index (χ4n) is 2.14. The van der Waals surface area contributed by atoms with Crippen molar-refractivity contribution in [1.29, 1.82) is 0 Å². The summed E-state index contributed by atoms with van der Waals surface area (Å²) < 4.78 is 5.74. The van der Waals surface area contributed by atoms with Gasteiger partial charge in [0.1, 0.15) is 0 Å². The Bertz CT molecular complexity index is 254. The highest BCUT2D eigenvalue weighted by Crippen LogP contribution is 2.19. The van der Waals surface area contributed by atoms with Crippen molar-refractivity contribution in [2.75, 3.05) is 19.7 Å². The van der Waals surface area contributed by atoms with Gasteiger partial charge >= 0.3 is 0 Å². The normalized spacial score (nSPS) is 24.6. The first-order chi connectivity index (χ1) is 8.50. The number of hydrogen-bond acceptors (Lipinski definition) is 3. The molecule has 2 N–H and O–H groups in total. The van der Waals surface area contributed by atoms with Crippen molar-refractivity contribution in [3.05, 3.63) is 0 Å². The molecule has 2 atom stereocenters. The van der Waals surface area contributed by atoms with E-state index in [1.54, 1.807) is 0 Å². The van der Waals surface area contributed by atoms with Crippen LogP contribution in [0.3, 0.4) is 0 Å². The summed E-state index contributed by atoms with van der Waals surface area (Å²) in [5.74, 6) is 0.775. The van der Waals surface area contributed by atoms with E-state index in [0.29, 0.717) is 24.6 Å². The molecule has 18 heavy (non-hydrogen) atoms. The lowest BCUT2D eigenvalue weighted by Gasteiger charge is -2.32. The second kappa shape index (κ2) is 7.74. The van der Waals surface area contributed by atoms with Crippen LogP contribution in [0.5, 0.6) is 0 Å². The molecule has 1 saturated heterocycles. The molecule has 0 aromatic carbocycles. The fourth-order valence-corrected chi connectivity index (χ4v) is 2.14. The van der Waals surface area contributed by atoms with Gasteiger partial charge in [-0.25, -0.2) is 0 Å². The van der Waals surface area contributed by atoms with Crippen LogP contribution in [0.4, 0.5) is 0 Å². The summed E-state index contributed by atoms with van der Waals surface area (Å²) in [4.78, 5) is 11.4. The Labute approximate surface area is 111 Å². The van der Waals surface area contributed by atoms with Gasteiger partial charge in [0.05, 0.1) is 6.10 Å². The predicted octanol–water partition coefficient (Wildman–Crippen LogP) is 1.55. The first-order valence-corrected chi connectivity index (χ1v) is 7.13. The number of rotatable bonds is 6. The van der Waals surface area contributed by atoms with Crippen LogP contribution in [0.2, 0.25) is 0 Å². The molecule has 0 aromatic rings. The Hall–Kier alpha value is -0.610. The Morgan fingerprint density at radius 2 is 2.00 bits per heavy atom. The van der Waals surface area contributed by atoms with E-state index in [1.165, 1.54) is 0 Å². The topological polar surface area (TPSA) is 50.4 Å². The van der Waals surface area contributed by atoms with Crippen molar-refractivity contribution >= 4 is 5.91 Å². The molecule has 1 heterocycles. The maximum atomic E-state index is 11.4. The lowest BCUT2D eigenvalue weighted by molar-refractivity contribution is -0.123. The molecule has 0 radical (unpaired) electrons. The molecule has 0 spiro atoms. The fraction of sp³-hybridized carbons (Fsp3) is 0.929. The van der Waals surface area contributed by atoms with E-state index >= 15 is 0 Å². The highest BCUT2D eigenvalue weighted by Gasteiger charge is 2.24. The molecule has 4 heteroatoms. The average Bonchev–Trinajstić information content (AvgIpc) is 2.34. The van der Waals surface area contributed by atoms with Crippen LogP contribution in [-0.4, -0.2) is 37.7 Å². The number of hydrogen-bond donors (Lipinski definition) is 2. The molecule has 1 aliphatic heterocycles. The zero-order chi connectivity index (χ0) is 13.5. The van der Waals surface area contributed by atoms with Crippen LogP contribution in [0.25, 0.3) is 0 Å². The van der Waals surface area contributed by atoms with Gasteiger partial charge in [0.25, 0.3) is 0 Å². The van der Waals surface area contributed by atoms with Crippen molar-refractivity contribution in [2.45, 2.75) is 52.7 Å². The minimum atomic E-state index is 0.0680. The van der Waals surface area contributed by atoms with Crippen molar-refractivity contribution < 1.29 is 9.53 Å². The van der Waals surface area contributed by atoms with Gasteiger partial charge in [0.2, 0.25) is 5.91 Å². The molecule has 106 valence electrons. The molecule has 2 unspecified atom stereocenters. The number of ether oxygens (including phenoxy) is 1. The standard InChI is InChI=1S/C14H28N2O2/c1-10(2)13-9-12(5-8-18-13)15-6-7-16-14(17)11(3)4/h10-13,15H,5-9H2,1-4H3,(H,16,17). The third-order valence-electron chi connectivity index (χ3n) is 3.44. The van der Waals surface area contributed by atoms with Crippen LogP contribution in [-0.2, 0) is 9.53 Å². The molecule has 0 saturated carbocycles. The zero-order valence-corrected chi connectivity index (χ0v) is 12.2. The second-order valence-corrected chi connectivity index (χ2v) is 5.77. The first kappa shape index (κ1) is 15.4. The van der Waals surface area contributed by atoms with E-state index in [2.05, 4.69) is 24.5 Å². The SMILES string of the molecule is CC(C)C(=O)NCCNC1CCOC(C(C)C)C1. The lowest BCUT2D eigenvalue weighted by atomic mass is 9.95. The monoisotopic (exact) mass is 256 g/mol. The van der Waals surface area contributed by atoms with E-state index < -0.39 is 0 Å². The summed E-state index contributed by atoms with van der Waals surface area (Å²) in [7, 11) is 0. The Kier molecular flexibility index (Phi) is 6.65. The van der Waals surface area contributed by atoms with E-state index in [-0.39, 0.29) is 11.8 Å². The van der Waals surface area contributed by atoms with Crippen molar-refractivity contribution in [3.8, 4) is 0 Å². The first-order valence-electron chi connectivity index (χ1n) is 7.13. The Balaban J connectivity index is 2.14. The third-order valence-corrected chi connectivity index (χ3v) is 3.44. The van der Waals surface area contributed by atoms with Crippen LogP contribution in [0, 0.1) is 11.8 Å². The third kappa shape index (κ3) is 5.36. The molecule has 1 fully saturated rings. The second-order valence-electron chi connectivity index (χ2n) is 5.77. The molecule has 1 amide bonds. The van der Waals surface area contributed by atoms with Crippen LogP contribution in [0.1, 0.15) is 40.5 Å². The minimum absolute atomic E-state index is 0.0680. The molecular weight excluding hydrogens is 228 g/mol. The Morgan fingerprint density at radius 3 is 2.61 bits per heavy atom. The maximum absolute atomic E-state index is 11.4. The summed E-state index contributed by atoms with van der Waals surface area (Å²) in [5, 5.41) is 6.43. The molecule has 4 nitrogen and oxygen atoms in total. The molecule has 0 aromatic heterocycles.